The number of aromatic nitrogens is 2. The second-order valence-corrected chi connectivity index (χ2v) is 4.59. The fourth-order valence-corrected chi connectivity index (χ4v) is 2.65. The van der Waals surface area contributed by atoms with E-state index in [0.29, 0.717) is 19.5 Å². The van der Waals surface area contributed by atoms with Crippen LogP contribution >= 0.6 is 0 Å². The maximum atomic E-state index is 14.0. The van der Waals surface area contributed by atoms with Gasteiger partial charge in [0.25, 0.3) is 5.92 Å². The highest BCUT2D eigenvalue weighted by Crippen LogP contribution is 2.39. The van der Waals surface area contributed by atoms with Crippen molar-refractivity contribution in [2.24, 2.45) is 0 Å². The summed E-state index contributed by atoms with van der Waals surface area (Å²) < 4.78 is 29.5. The molecule has 4 nitrogen and oxygen atoms in total. The maximum Gasteiger partial charge on any atom is 0.289 e. The fraction of sp³-hybridized carbons (Fsp3) is 0.750. The van der Waals surface area contributed by atoms with Crippen molar-refractivity contribution in [3.8, 4) is 0 Å². The number of nitrogens with one attached hydrogen (secondary N) is 1. The lowest BCUT2D eigenvalue weighted by atomic mass is 10.0. The molecule has 0 spiro atoms. The van der Waals surface area contributed by atoms with Crippen LogP contribution < -0.4 is 5.32 Å². The Morgan fingerprint density at radius 3 is 2.89 bits per heavy atom. The van der Waals surface area contributed by atoms with E-state index < -0.39 is 5.92 Å². The molecule has 0 atom stereocenters. The lowest BCUT2D eigenvalue weighted by Gasteiger charge is -2.18. The van der Waals surface area contributed by atoms with Gasteiger partial charge in [0.2, 0.25) is 0 Å². The van der Waals surface area contributed by atoms with E-state index >= 15 is 0 Å². The van der Waals surface area contributed by atoms with Gasteiger partial charge in [-0.25, -0.2) is 0 Å². The molecule has 0 fully saturated rings. The number of hydrogen-bond acceptors (Lipinski definition) is 3. The Hall–Kier alpha value is -1.01. The van der Waals surface area contributed by atoms with Gasteiger partial charge in [0, 0.05) is 45.1 Å². The molecule has 6 heteroatoms. The summed E-state index contributed by atoms with van der Waals surface area (Å²) in [6, 6.07) is 0. The molecular weight excluding hydrogens is 240 g/mol. The third kappa shape index (κ3) is 2.27. The van der Waals surface area contributed by atoms with Gasteiger partial charge in [-0.3, -0.25) is 4.68 Å². The molecule has 0 unspecified atom stereocenters. The first-order valence-corrected chi connectivity index (χ1v) is 6.31. The van der Waals surface area contributed by atoms with E-state index in [1.165, 1.54) is 0 Å². The standard InChI is InChI=1S/C11H15F2N3.CH4O/c12-11(13)4-1-2-6-16-10(11)8-7-14-5-3-9(8)15-16;1-2/h14H,1-7H2;2H,1H3. The van der Waals surface area contributed by atoms with Crippen molar-refractivity contribution >= 4 is 0 Å². The Kier molecular flexibility index (Phi) is 3.97. The Morgan fingerprint density at radius 1 is 1.33 bits per heavy atom. The first kappa shape index (κ1) is 13.4. The van der Waals surface area contributed by atoms with E-state index in [9.17, 15) is 8.78 Å². The van der Waals surface area contributed by atoms with Crippen molar-refractivity contribution in [1.29, 1.82) is 0 Å². The highest BCUT2D eigenvalue weighted by Gasteiger charge is 2.40. The monoisotopic (exact) mass is 259 g/mol. The number of aliphatic hydroxyl groups excluding tert-OH is 1. The number of rotatable bonds is 0. The van der Waals surface area contributed by atoms with Gasteiger partial charge < -0.3 is 10.4 Å². The summed E-state index contributed by atoms with van der Waals surface area (Å²) in [5, 5.41) is 14.5. The Balaban J connectivity index is 0.000000574. The summed E-state index contributed by atoms with van der Waals surface area (Å²) in [6.45, 7) is 2.02. The van der Waals surface area contributed by atoms with Crippen LogP contribution in [0.2, 0.25) is 0 Å². The van der Waals surface area contributed by atoms with Gasteiger partial charge in [-0.05, 0) is 12.8 Å². The van der Waals surface area contributed by atoms with Crippen LogP contribution in [0.4, 0.5) is 8.78 Å². The Bertz CT molecular complexity index is 418. The highest BCUT2D eigenvalue weighted by atomic mass is 19.3. The fourth-order valence-electron chi connectivity index (χ4n) is 2.65. The third-order valence-corrected chi connectivity index (χ3v) is 3.43. The largest absolute Gasteiger partial charge is 0.400 e. The van der Waals surface area contributed by atoms with E-state index in [1.54, 1.807) is 4.68 Å². The van der Waals surface area contributed by atoms with Crippen molar-refractivity contribution in [3.05, 3.63) is 17.0 Å². The topological polar surface area (TPSA) is 50.1 Å². The molecule has 0 amide bonds. The number of alkyl halides is 2. The zero-order valence-electron chi connectivity index (χ0n) is 10.5. The molecular formula is C12H19F2N3O. The van der Waals surface area contributed by atoms with E-state index in [1.807, 2.05) is 0 Å². The number of nitrogens with zero attached hydrogens (tertiary/aromatic N) is 2. The molecule has 0 aromatic carbocycles. The summed E-state index contributed by atoms with van der Waals surface area (Å²) >= 11 is 0. The predicted octanol–water partition coefficient (Wildman–Crippen LogP) is 1.41. The normalized spacial score (nSPS) is 21.1. The average Bonchev–Trinajstić information content (AvgIpc) is 2.69. The highest BCUT2D eigenvalue weighted by molar-refractivity contribution is 5.32. The minimum Gasteiger partial charge on any atom is -0.400 e. The van der Waals surface area contributed by atoms with Crippen LogP contribution in [-0.4, -0.2) is 28.5 Å². The molecule has 1 aromatic heterocycles. The van der Waals surface area contributed by atoms with Crippen LogP contribution in [0, 0.1) is 0 Å². The van der Waals surface area contributed by atoms with Crippen LogP contribution in [0.15, 0.2) is 0 Å². The van der Waals surface area contributed by atoms with Gasteiger partial charge in [0.05, 0.1) is 5.69 Å². The zero-order chi connectivity index (χ0) is 13.2. The molecule has 0 bridgehead atoms. The maximum absolute atomic E-state index is 14.0. The summed E-state index contributed by atoms with van der Waals surface area (Å²) in [5.41, 5.74) is 1.79. The Morgan fingerprint density at radius 2 is 2.11 bits per heavy atom. The smallest absolute Gasteiger partial charge is 0.289 e. The minimum atomic E-state index is -2.70. The molecule has 3 rings (SSSR count). The number of fused-ring (bicyclic) bond motifs is 3. The first-order valence-electron chi connectivity index (χ1n) is 6.31. The van der Waals surface area contributed by atoms with Gasteiger partial charge >= 0.3 is 0 Å². The SMILES string of the molecule is CO.FC1(F)CCCCn2nc3c(c21)CNCC3. The van der Waals surface area contributed by atoms with Gasteiger partial charge in [-0.2, -0.15) is 13.9 Å². The number of aryl methyl sites for hydroxylation is 1. The second kappa shape index (κ2) is 5.32. The summed E-state index contributed by atoms with van der Waals surface area (Å²) in [6.07, 6.45) is 2.12. The van der Waals surface area contributed by atoms with Gasteiger partial charge in [-0.1, -0.05) is 0 Å². The lowest BCUT2D eigenvalue weighted by Crippen LogP contribution is -2.26. The van der Waals surface area contributed by atoms with Crippen LogP contribution in [0.1, 0.15) is 36.2 Å². The van der Waals surface area contributed by atoms with Gasteiger partial charge in [0.15, 0.2) is 0 Å². The first-order chi connectivity index (χ1) is 8.68. The lowest BCUT2D eigenvalue weighted by molar-refractivity contribution is -0.0200. The van der Waals surface area contributed by atoms with E-state index in [4.69, 9.17) is 5.11 Å². The van der Waals surface area contributed by atoms with Crippen molar-refractivity contribution in [1.82, 2.24) is 15.1 Å². The molecule has 2 aliphatic rings. The van der Waals surface area contributed by atoms with Crippen molar-refractivity contribution in [2.75, 3.05) is 13.7 Å². The molecule has 2 N–H and O–H groups in total. The molecule has 102 valence electrons. The zero-order valence-corrected chi connectivity index (χ0v) is 10.5. The van der Waals surface area contributed by atoms with E-state index in [0.717, 1.165) is 37.8 Å². The number of halogens is 2. The van der Waals surface area contributed by atoms with Gasteiger partial charge in [0.1, 0.15) is 5.69 Å². The van der Waals surface area contributed by atoms with Crippen LogP contribution in [0.3, 0.4) is 0 Å². The van der Waals surface area contributed by atoms with Crippen molar-refractivity contribution < 1.29 is 13.9 Å². The van der Waals surface area contributed by atoms with Crippen molar-refractivity contribution in [3.63, 3.8) is 0 Å². The summed E-state index contributed by atoms with van der Waals surface area (Å²) in [4.78, 5) is 0. The molecule has 18 heavy (non-hydrogen) atoms. The quantitative estimate of drug-likeness (QED) is 0.740. The number of hydrogen-bond donors (Lipinski definition) is 2. The molecule has 3 heterocycles. The van der Waals surface area contributed by atoms with E-state index in [-0.39, 0.29) is 12.1 Å². The third-order valence-electron chi connectivity index (χ3n) is 3.43. The predicted molar refractivity (Wildman–Crippen MR) is 63.5 cm³/mol. The molecule has 1 aromatic rings. The minimum absolute atomic E-state index is 0.0366. The summed E-state index contributed by atoms with van der Waals surface area (Å²) in [5.74, 6) is -2.70. The van der Waals surface area contributed by atoms with Crippen LogP contribution in [0.25, 0.3) is 0 Å². The molecule has 0 aliphatic carbocycles. The molecule has 2 aliphatic heterocycles. The summed E-state index contributed by atoms with van der Waals surface area (Å²) in [7, 11) is 1.00. The molecule has 0 radical (unpaired) electrons. The molecule has 0 saturated carbocycles. The number of aliphatic hydroxyl groups is 1. The molecule has 0 saturated heterocycles. The van der Waals surface area contributed by atoms with Crippen molar-refractivity contribution in [2.45, 2.75) is 44.7 Å². The average molecular weight is 259 g/mol. The Labute approximate surface area is 105 Å². The van der Waals surface area contributed by atoms with Crippen LogP contribution in [-0.2, 0) is 25.4 Å². The second-order valence-electron chi connectivity index (χ2n) is 4.59. The van der Waals surface area contributed by atoms with Crippen LogP contribution in [0.5, 0.6) is 0 Å². The van der Waals surface area contributed by atoms with E-state index in [2.05, 4.69) is 10.4 Å². The van der Waals surface area contributed by atoms with Gasteiger partial charge in [-0.15, -0.1) is 0 Å².